The first-order valence-corrected chi connectivity index (χ1v) is 6.30. The normalized spacial score (nSPS) is 11.4. The number of aliphatic hydroxyl groups is 1. The first kappa shape index (κ1) is 14.2. The van der Waals surface area contributed by atoms with Crippen molar-refractivity contribution in [3.05, 3.63) is 33.8 Å². The van der Waals surface area contributed by atoms with Gasteiger partial charge in [0.05, 0.1) is 5.56 Å². The molecule has 1 aromatic carbocycles. The van der Waals surface area contributed by atoms with Crippen LogP contribution in [0.15, 0.2) is 22.7 Å². The molecule has 4 heteroatoms. The summed E-state index contributed by atoms with van der Waals surface area (Å²) in [4.78, 5) is 11.9. The summed E-state index contributed by atoms with van der Waals surface area (Å²) < 4.78 is 0.789. The van der Waals surface area contributed by atoms with Gasteiger partial charge in [-0.15, -0.1) is 0 Å². The highest BCUT2D eigenvalue weighted by Gasteiger charge is 2.18. The number of nitrogens with one attached hydrogen (secondary N) is 1. The molecule has 0 aliphatic carbocycles. The van der Waals surface area contributed by atoms with Gasteiger partial charge in [-0.1, -0.05) is 19.9 Å². The number of carbonyl (C=O) groups is 1. The van der Waals surface area contributed by atoms with Gasteiger partial charge in [-0.2, -0.15) is 0 Å². The number of benzene rings is 1. The van der Waals surface area contributed by atoms with Crippen LogP contribution in [-0.2, 0) is 0 Å². The summed E-state index contributed by atoms with van der Waals surface area (Å²) in [7, 11) is 0. The number of aryl methyl sites for hydroxylation is 1. The number of halogens is 1. The van der Waals surface area contributed by atoms with Crippen LogP contribution in [0.5, 0.6) is 0 Å². The Bertz CT molecular complexity index is 416. The van der Waals surface area contributed by atoms with Crippen LogP contribution in [0.3, 0.4) is 0 Å². The molecular formula is C13H18BrNO2. The molecule has 1 aromatic rings. The van der Waals surface area contributed by atoms with E-state index in [1.54, 1.807) is 6.07 Å². The first-order valence-electron chi connectivity index (χ1n) is 5.51. The molecule has 0 spiro atoms. The molecular weight excluding hydrogens is 282 g/mol. The fourth-order valence-electron chi connectivity index (χ4n) is 1.27. The summed E-state index contributed by atoms with van der Waals surface area (Å²) in [6, 6.07) is 5.60. The van der Waals surface area contributed by atoms with E-state index in [1.165, 1.54) is 0 Å². The summed E-state index contributed by atoms with van der Waals surface area (Å²) in [6.07, 6.45) is 0. The van der Waals surface area contributed by atoms with E-state index in [0.29, 0.717) is 12.1 Å². The second-order valence-electron chi connectivity index (χ2n) is 4.99. The van der Waals surface area contributed by atoms with Crippen LogP contribution in [0.25, 0.3) is 0 Å². The van der Waals surface area contributed by atoms with Gasteiger partial charge in [0, 0.05) is 23.0 Å². The van der Waals surface area contributed by atoms with Crippen LogP contribution in [0, 0.1) is 12.3 Å². The summed E-state index contributed by atoms with van der Waals surface area (Å²) >= 11 is 3.38. The van der Waals surface area contributed by atoms with Crippen molar-refractivity contribution >= 4 is 21.8 Å². The Morgan fingerprint density at radius 2 is 2.12 bits per heavy atom. The summed E-state index contributed by atoms with van der Waals surface area (Å²) in [5.74, 6) is -0.126. The molecule has 0 fully saturated rings. The van der Waals surface area contributed by atoms with Gasteiger partial charge < -0.3 is 10.4 Å². The van der Waals surface area contributed by atoms with Gasteiger partial charge in [0.15, 0.2) is 0 Å². The van der Waals surface area contributed by atoms with Crippen LogP contribution in [0.2, 0.25) is 0 Å². The summed E-state index contributed by atoms with van der Waals surface area (Å²) in [5, 5.41) is 11.9. The third kappa shape index (κ3) is 4.13. The van der Waals surface area contributed by atoms with Crippen LogP contribution in [0.4, 0.5) is 0 Å². The van der Waals surface area contributed by atoms with Crippen molar-refractivity contribution in [1.29, 1.82) is 0 Å². The predicted molar refractivity (Wildman–Crippen MR) is 72.1 cm³/mol. The smallest absolute Gasteiger partial charge is 0.252 e. The van der Waals surface area contributed by atoms with Crippen LogP contribution >= 0.6 is 15.9 Å². The fraction of sp³-hybridized carbons (Fsp3) is 0.462. The minimum Gasteiger partial charge on any atom is -0.396 e. The van der Waals surface area contributed by atoms with Crippen LogP contribution < -0.4 is 5.32 Å². The molecule has 0 aliphatic heterocycles. The van der Waals surface area contributed by atoms with Crippen molar-refractivity contribution in [2.24, 2.45) is 5.41 Å². The van der Waals surface area contributed by atoms with Gasteiger partial charge in [0.2, 0.25) is 0 Å². The lowest BCUT2D eigenvalue weighted by atomic mass is 9.95. The van der Waals surface area contributed by atoms with Gasteiger partial charge in [-0.3, -0.25) is 4.79 Å². The predicted octanol–water partition coefficient (Wildman–Crippen LogP) is 2.51. The van der Waals surface area contributed by atoms with Gasteiger partial charge in [0.1, 0.15) is 0 Å². The minimum absolute atomic E-state index is 0.0440. The largest absolute Gasteiger partial charge is 0.396 e. The lowest BCUT2D eigenvalue weighted by Crippen LogP contribution is -2.36. The van der Waals surface area contributed by atoms with Crippen molar-refractivity contribution in [2.75, 3.05) is 13.2 Å². The van der Waals surface area contributed by atoms with E-state index in [4.69, 9.17) is 5.11 Å². The zero-order valence-corrected chi connectivity index (χ0v) is 12.0. The number of carbonyl (C=O) groups excluding carboxylic acids is 1. The van der Waals surface area contributed by atoms with Crippen molar-refractivity contribution in [3.63, 3.8) is 0 Å². The Morgan fingerprint density at radius 3 is 2.65 bits per heavy atom. The Kier molecular flexibility index (Phi) is 4.71. The zero-order valence-electron chi connectivity index (χ0n) is 10.4. The average Bonchev–Trinajstić information content (AvgIpc) is 2.26. The van der Waals surface area contributed by atoms with E-state index < -0.39 is 0 Å². The van der Waals surface area contributed by atoms with Crippen molar-refractivity contribution in [1.82, 2.24) is 5.32 Å². The highest BCUT2D eigenvalue weighted by Crippen LogP contribution is 2.19. The maximum atomic E-state index is 11.9. The summed E-state index contributed by atoms with van der Waals surface area (Å²) in [6.45, 7) is 6.27. The van der Waals surface area contributed by atoms with Gasteiger partial charge >= 0.3 is 0 Å². The maximum Gasteiger partial charge on any atom is 0.252 e. The maximum absolute atomic E-state index is 11.9. The number of hydrogen-bond acceptors (Lipinski definition) is 2. The highest BCUT2D eigenvalue weighted by atomic mass is 79.9. The molecule has 0 atom stereocenters. The molecule has 0 aliphatic rings. The Hall–Kier alpha value is -0.870. The van der Waals surface area contributed by atoms with Crippen LogP contribution in [0.1, 0.15) is 29.8 Å². The van der Waals surface area contributed by atoms with Crippen LogP contribution in [-0.4, -0.2) is 24.2 Å². The quantitative estimate of drug-likeness (QED) is 0.897. The van der Waals surface area contributed by atoms with Crippen molar-refractivity contribution in [3.8, 4) is 0 Å². The molecule has 94 valence electrons. The third-order valence-corrected chi connectivity index (χ3v) is 3.18. The van der Waals surface area contributed by atoms with E-state index in [9.17, 15) is 4.79 Å². The molecule has 1 amide bonds. The van der Waals surface area contributed by atoms with Crippen molar-refractivity contribution < 1.29 is 9.90 Å². The highest BCUT2D eigenvalue weighted by molar-refractivity contribution is 9.10. The number of aliphatic hydroxyl groups excluding tert-OH is 1. The number of amides is 1. The molecule has 2 N–H and O–H groups in total. The van der Waals surface area contributed by atoms with Gasteiger partial charge in [-0.05, 0) is 40.5 Å². The molecule has 0 unspecified atom stereocenters. The molecule has 0 bridgehead atoms. The lowest BCUT2D eigenvalue weighted by Gasteiger charge is -2.22. The minimum atomic E-state index is -0.299. The Labute approximate surface area is 110 Å². The van der Waals surface area contributed by atoms with E-state index in [0.717, 1.165) is 10.0 Å². The fourth-order valence-corrected chi connectivity index (χ4v) is 1.95. The standard InChI is InChI=1S/C13H18BrNO2/c1-9-4-5-10(11(14)6-9)12(17)15-7-13(2,3)8-16/h4-6,16H,7-8H2,1-3H3,(H,15,17). The van der Waals surface area contributed by atoms with Gasteiger partial charge in [0.25, 0.3) is 5.91 Å². The molecule has 0 saturated heterocycles. The van der Waals surface area contributed by atoms with Crippen molar-refractivity contribution in [2.45, 2.75) is 20.8 Å². The van der Waals surface area contributed by atoms with E-state index in [2.05, 4.69) is 21.2 Å². The zero-order chi connectivity index (χ0) is 13.1. The molecule has 17 heavy (non-hydrogen) atoms. The van der Waals surface area contributed by atoms with Gasteiger partial charge in [-0.25, -0.2) is 0 Å². The second kappa shape index (κ2) is 5.65. The topological polar surface area (TPSA) is 49.3 Å². The first-order chi connectivity index (χ1) is 7.85. The third-order valence-electron chi connectivity index (χ3n) is 2.52. The molecule has 0 aromatic heterocycles. The monoisotopic (exact) mass is 299 g/mol. The molecule has 0 saturated carbocycles. The lowest BCUT2D eigenvalue weighted by molar-refractivity contribution is 0.0910. The second-order valence-corrected chi connectivity index (χ2v) is 5.84. The Balaban J connectivity index is 2.71. The number of hydrogen-bond donors (Lipinski definition) is 2. The van der Waals surface area contributed by atoms with E-state index in [1.807, 2.05) is 32.9 Å². The SMILES string of the molecule is Cc1ccc(C(=O)NCC(C)(C)CO)c(Br)c1. The molecule has 0 radical (unpaired) electrons. The Morgan fingerprint density at radius 1 is 1.47 bits per heavy atom. The summed E-state index contributed by atoms with van der Waals surface area (Å²) in [5.41, 5.74) is 1.42. The molecule has 0 heterocycles. The van der Waals surface area contributed by atoms with E-state index >= 15 is 0 Å². The molecule has 1 rings (SSSR count). The number of rotatable bonds is 4. The molecule has 3 nitrogen and oxygen atoms in total. The average molecular weight is 300 g/mol. The van der Waals surface area contributed by atoms with E-state index in [-0.39, 0.29) is 17.9 Å².